The summed E-state index contributed by atoms with van der Waals surface area (Å²) in [6.45, 7) is 2.74. The van der Waals surface area contributed by atoms with Gasteiger partial charge in [-0.15, -0.1) is 0 Å². The normalized spacial score (nSPS) is 14.9. The monoisotopic (exact) mass is 372 g/mol. The molecule has 0 unspecified atom stereocenters. The maximum Gasteiger partial charge on any atom is 0.253 e. The van der Waals surface area contributed by atoms with E-state index in [9.17, 15) is 4.79 Å². The first-order chi connectivity index (χ1) is 12.1. The Balaban J connectivity index is 1.55. The van der Waals surface area contributed by atoms with Crippen molar-refractivity contribution in [3.8, 4) is 0 Å². The van der Waals surface area contributed by atoms with E-state index in [1.807, 2.05) is 47.4 Å². The predicted molar refractivity (Wildman–Crippen MR) is 104 cm³/mol. The third kappa shape index (κ3) is 3.03. The standard InChI is InChI=1S/C18H17ClN4OS/c19-13-6-7-14-15(21-18(20)25-14)16(13)22-8-10-23(11-9-22)17(24)12-4-2-1-3-5-12/h1-7H,8-11H2,(H2,20,21). The van der Waals surface area contributed by atoms with Crippen LogP contribution in [0.2, 0.25) is 5.02 Å². The van der Waals surface area contributed by atoms with Crippen LogP contribution in [0.5, 0.6) is 0 Å². The SMILES string of the molecule is Nc1nc2c(N3CCN(C(=O)c4ccccc4)CC3)c(Cl)ccc2s1. The molecule has 1 aliphatic rings. The molecular weight excluding hydrogens is 356 g/mol. The Morgan fingerprint density at radius 3 is 2.52 bits per heavy atom. The van der Waals surface area contributed by atoms with E-state index in [1.54, 1.807) is 0 Å². The number of anilines is 2. The van der Waals surface area contributed by atoms with Crippen LogP contribution in [0.15, 0.2) is 42.5 Å². The fraction of sp³-hybridized carbons (Fsp3) is 0.222. The molecule has 5 nitrogen and oxygen atoms in total. The smallest absolute Gasteiger partial charge is 0.253 e. The molecule has 1 aromatic heterocycles. The topological polar surface area (TPSA) is 62.5 Å². The number of fused-ring (bicyclic) bond motifs is 1. The maximum absolute atomic E-state index is 12.6. The summed E-state index contributed by atoms with van der Waals surface area (Å²) in [7, 11) is 0. The van der Waals surface area contributed by atoms with Crippen molar-refractivity contribution in [1.82, 2.24) is 9.88 Å². The number of halogens is 1. The summed E-state index contributed by atoms with van der Waals surface area (Å²) in [5, 5.41) is 1.21. The van der Waals surface area contributed by atoms with Gasteiger partial charge in [0, 0.05) is 31.7 Å². The zero-order chi connectivity index (χ0) is 17.4. The van der Waals surface area contributed by atoms with Gasteiger partial charge < -0.3 is 15.5 Å². The van der Waals surface area contributed by atoms with Crippen molar-refractivity contribution in [3.05, 3.63) is 53.1 Å². The third-order valence-electron chi connectivity index (χ3n) is 4.41. The van der Waals surface area contributed by atoms with Crippen LogP contribution in [-0.4, -0.2) is 42.0 Å². The van der Waals surface area contributed by atoms with E-state index in [0.29, 0.717) is 23.2 Å². The minimum absolute atomic E-state index is 0.0717. The molecule has 0 radical (unpaired) electrons. The van der Waals surface area contributed by atoms with Crippen molar-refractivity contribution in [2.75, 3.05) is 36.8 Å². The van der Waals surface area contributed by atoms with Gasteiger partial charge in [-0.25, -0.2) is 4.98 Å². The molecule has 1 saturated heterocycles. The third-order valence-corrected chi connectivity index (χ3v) is 5.56. The Kier molecular flexibility index (Phi) is 4.23. The van der Waals surface area contributed by atoms with Crippen LogP contribution in [0.4, 0.5) is 10.8 Å². The first-order valence-electron chi connectivity index (χ1n) is 8.07. The fourth-order valence-corrected chi connectivity index (χ4v) is 4.18. The number of rotatable bonds is 2. The molecule has 2 heterocycles. The van der Waals surface area contributed by atoms with Gasteiger partial charge in [0.15, 0.2) is 5.13 Å². The first kappa shape index (κ1) is 16.2. The molecule has 2 N–H and O–H groups in total. The maximum atomic E-state index is 12.6. The molecular formula is C18H17ClN4OS. The van der Waals surface area contributed by atoms with Crippen LogP contribution in [0, 0.1) is 0 Å². The van der Waals surface area contributed by atoms with Gasteiger partial charge in [-0.2, -0.15) is 0 Å². The van der Waals surface area contributed by atoms with Gasteiger partial charge in [0.05, 0.1) is 15.4 Å². The number of benzene rings is 2. The van der Waals surface area contributed by atoms with Gasteiger partial charge in [0.2, 0.25) is 0 Å². The van der Waals surface area contributed by atoms with Crippen LogP contribution in [-0.2, 0) is 0 Å². The van der Waals surface area contributed by atoms with E-state index < -0.39 is 0 Å². The highest BCUT2D eigenvalue weighted by Crippen LogP contribution is 2.37. The molecule has 3 aromatic rings. The Bertz CT molecular complexity index is 919. The number of thiazole rings is 1. The highest BCUT2D eigenvalue weighted by Gasteiger charge is 2.25. The highest BCUT2D eigenvalue weighted by molar-refractivity contribution is 7.22. The van der Waals surface area contributed by atoms with Crippen molar-refractivity contribution in [2.45, 2.75) is 0 Å². The zero-order valence-corrected chi connectivity index (χ0v) is 15.1. The average Bonchev–Trinajstić information content (AvgIpc) is 3.02. The van der Waals surface area contributed by atoms with Crippen LogP contribution in [0.25, 0.3) is 10.2 Å². The largest absolute Gasteiger partial charge is 0.375 e. The molecule has 2 aromatic carbocycles. The van der Waals surface area contributed by atoms with E-state index >= 15 is 0 Å². The molecule has 0 atom stereocenters. The highest BCUT2D eigenvalue weighted by atomic mass is 35.5. The summed E-state index contributed by atoms with van der Waals surface area (Å²) in [6, 6.07) is 13.2. The second-order valence-electron chi connectivity index (χ2n) is 5.94. The van der Waals surface area contributed by atoms with Crippen LogP contribution in [0.1, 0.15) is 10.4 Å². The number of carbonyl (C=O) groups excluding carboxylic acids is 1. The van der Waals surface area contributed by atoms with Crippen molar-refractivity contribution in [3.63, 3.8) is 0 Å². The van der Waals surface area contributed by atoms with Gasteiger partial charge in [-0.3, -0.25) is 4.79 Å². The number of aromatic nitrogens is 1. The average molecular weight is 373 g/mol. The van der Waals surface area contributed by atoms with Gasteiger partial charge >= 0.3 is 0 Å². The van der Waals surface area contributed by atoms with E-state index in [4.69, 9.17) is 17.3 Å². The molecule has 0 saturated carbocycles. The van der Waals surface area contributed by atoms with E-state index in [1.165, 1.54) is 11.3 Å². The molecule has 1 aliphatic heterocycles. The number of amides is 1. The summed E-state index contributed by atoms with van der Waals surface area (Å²) in [6.07, 6.45) is 0. The molecule has 0 bridgehead atoms. The van der Waals surface area contributed by atoms with Crippen molar-refractivity contribution >= 4 is 49.9 Å². The lowest BCUT2D eigenvalue weighted by molar-refractivity contribution is 0.0747. The Labute approximate surface area is 154 Å². The van der Waals surface area contributed by atoms with Crippen LogP contribution < -0.4 is 10.6 Å². The quantitative estimate of drug-likeness (QED) is 0.747. The Morgan fingerprint density at radius 2 is 1.80 bits per heavy atom. The molecule has 4 rings (SSSR count). The Morgan fingerprint density at radius 1 is 1.08 bits per heavy atom. The Hall–Kier alpha value is -2.31. The molecule has 0 spiro atoms. The van der Waals surface area contributed by atoms with Crippen molar-refractivity contribution < 1.29 is 4.79 Å². The second-order valence-corrected chi connectivity index (χ2v) is 7.41. The van der Waals surface area contributed by atoms with E-state index in [0.717, 1.165) is 34.6 Å². The molecule has 1 amide bonds. The minimum Gasteiger partial charge on any atom is -0.375 e. The van der Waals surface area contributed by atoms with Gasteiger partial charge in [-0.05, 0) is 24.3 Å². The lowest BCUT2D eigenvalue weighted by atomic mass is 10.1. The molecule has 1 fully saturated rings. The summed E-state index contributed by atoms with van der Waals surface area (Å²) >= 11 is 7.90. The lowest BCUT2D eigenvalue weighted by Crippen LogP contribution is -2.49. The van der Waals surface area contributed by atoms with E-state index in [2.05, 4.69) is 9.88 Å². The first-order valence-corrected chi connectivity index (χ1v) is 9.27. The summed E-state index contributed by atoms with van der Waals surface area (Å²) in [4.78, 5) is 21.1. The summed E-state index contributed by atoms with van der Waals surface area (Å²) in [5.41, 5.74) is 8.34. The molecule has 25 heavy (non-hydrogen) atoms. The van der Waals surface area contributed by atoms with E-state index in [-0.39, 0.29) is 5.91 Å². The van der Waals surface area contributed by atoms with Crippen molar-refractivity contribution in [1.29, 1.82) is 0 Å². The number of hydrogen-bond acceptors (Lipinski definition) is 5. The zero-order valence-electron chi connectivity index (χ0n) is 13.5. The number of piperazine rings is 1. The number of hydrogen-bond donors (Lipinski definition) is 1. The lowest BCUT2D eigenvalue weighted by Gasteiger charge is -2.36. The summed E-state index contributed by atoms with van der Waals surface area (Å²) < 4.78 is 1.03. The van der Waals surface area contributed by atoms with Gasteiger partial charge in [0.25, 0.3) is 5.91 Å². The predicted octanol–water partition coefficient (Wildman–Crippen LogP) is 3.49. The second kappa shape index (κ2) is 6.54. The van der Waals surface area contributed by atoms with Gasteiger partial charge in [-0.1, -0.05) is 41.1 Å². The molecule has 7 heteroatoms. The number of nitrogens with two attached hydrogens (primary N) is 1. The van der Waals surface area contributed by atoms with Crippen molar-refractivity contribution in [2.24, 2.45) is 0 Å². The molecule has 128 valence electrons. The van der Waals surface area contributed by atoms with Gasteiger partial charge in [0.1, 0.15) is 5.52 Å². The number of nitrogens with zero attached hydrogens (tertiary/aromatic N) is 3. The molecule has 0 aliphatic carbocycles. The fourth-order valence-electron chi connectivity index (χ4n) is 3.17. The van der Waals surface area contributed by atoms with Crippen LogP contribution >= 0.6 is 22.9 Å². The van der Waals surface area contributed by atoms with Crippen LogP contribution in [0.3, 0.4) is 0 Å². The minimum atomic E-state index is 0.0717. The number of nitrogen functional groups attached to an aromatic ring is 1. The number of carbonyl (C=O) groups is 1. The summed E-state index contributed by atoms with van der Waals surface area (Å²) in [5.74, 6) is 0.0717.